The smallest absolute Gasteiger partial charge is 0.303 e. The molecule has 0 heterocycles. The summed E-state index contributed by atoms with van der Waals surface area (Å²) < 4.78 is 0. The average molecular weight is 358 g/mol. The second kappa shape index (κ2) is 10.1. The highest BCUT2D eigenvalue weighted by molar-refractivity contribution is 6.31. The molecule has 0 saturated carbocycles. The fourth-order valence-electron chi connectivity index (χ4n) is 1.82. The van der Waals surface area contributed by atoms with Gasteiger partial charge in [0.1, 0.15) is 0 Å². The second-order valence-corrected chi connectivity index (χ2v) is 6.71. The molecule has 24 heavy (non-hydrogen) atoms. The summed E-state index contributed by atoms with van der Waals surface area (Å²) in [7, 11) is 0. The van der Waals surface area contributed by atoms with E-state index in [4.69, 9.17) is 21.8 Å². The lowest BCUT2D eigenvalue weighted by molar-refractivity contribution is -0.143. The van der Waals surface area contributed by atoms with Gasteiger partial charge in [-0.1, -0.05) is 23.7 Å². The zero-order valence-corrected chi connectivity index (χ0v) is 15.1. The molecule has 0 amide bonds. The average Bonchev–Trinajstić information content (AvgIpc) is 2.43. The Morgan fingerprint density at radius 3 is 2.00 bits per heavy atom. The minimum absolute atomic E-state index is 0.0671. The molecule has 1 rings (SSSR count). The standard InChI is InChI=1S/C13H18ClNO.C4H6O4/c1-9(15-13(2,3)4)12(16)10-6-5-7-11(14)8-10;5-3(6)1-2-4(7)8/h5-9,15H,1-4H3;1-2H2,(H,5,6)(H,7,8). The summed E-state index contributed by atoms with van der Waals surface area (Å²) in [6.45, 7) is 7.98. The molecule has 0 bridgehead atoms. The first-order chi connectivity index (χ1) is 10.9. The molecule has 0 aromatic heterocycles. The number of carbonyl (C=O) groups is 3. The minimum atomic E-state index is -1.08. The van der Waals surface area contributed by atoms with Crippen molar-refractivity contribution in [3.8, 4) is 0 Å². The topological polar surface area (TPSA) is 104 Å². The molecule has 0 saturated heterocycles. The first-order valence-corrected chi connectivity index (χ1v) is 7.81. The molecule has 0 aliphatic rings. The van der Waals surface area contributed by atoms with Crippen LogP contribution in [0.3, 0.4) is 0 Å². The minimum Gasteiger partial charge on any atom is -0.481 e. The number of rotatable bonds is 6. The highest BCUT2D eigenvalue weighted by Crippen LogP contribution is 2.13. The van der Waals surface area contributed by atoms with Crippen molar-refractivity contribution in [1.29, 1.82) is 0 Å². The Morgan fingerprint density at radius 1 is 1.12 bits per heavy atom. The molecular weight excluding hydrogens is 334 g/mol. The fourth-order valence-corrected chi connectivity index (χ4v) is 2.01. The van der Waals surface area contributed by atoms with E-state index in [2.05, 4.69) is 5.32 Å². The maximum Gasteiger partial charge on any atom is 0.303 e. The van der Waals surface area contributed by atoms with Gasteiger partial charge in [-0.05, 0) is 39.8 Å². The molecule has 0 radical (unpaired) electrons. The molecule has 3 N–H and O–H groups in total. The summed E-state index contributed by atoms with van der Waals surface area (Å²) in [4.78, 5) is 31.3. The lowest BCUT2D eigenvalue weighted by Crippen LogP contribution is -2.46. The van der Waals surface area contributed by atoms with Crippen molar-refractivity contribution >= 4 is 29.3 Å². The normalized spacial score (nSPS) is 11.9. The molecule has 1 atom stereocenters. The zero-order valence-electron chi connectivity index (χ0n) is 14.3. The largest absolute Gasteiger partial charge is 0.481 e. The number of hydrogen-bond acceptors (Lipinski definition) is 4. The number of ketones is 1. The maximum absolute atomic E-state index is 12.1. The van der Waals surface area contributed by atoms with E-state index in [1.807, 2.05) is 27.7 Å². The lowest BCUT2D eigenvalue weighted by atomic mass is 10.0. The van der Waals surface area contributed by atoms with Crippen LogP contribution in [0.15, 0.2) is 24.3 Å². The van der Waals surface area contributed by atoms with Crippen molar-refractivity contribution in [2.45, 2.75) is 52.1 Å². The van der Waals surface area contributed by atoms with Gasteiger partial charge in [0.25, 0.3) is 0 Å². The van der Waals surface area contributed by atoms with E-state index in [0.717, 1.165) is 0 Å². The molecule has 134 valence electrons. The van der Waals surface area contributed by atoms with Crippen LogP contribution in [0, 0.1) is 0 Å². The molecule has 0 aliphatic heterocycles. The molecule has 1 aromatic rings. The number of carbonyl (C=O) groups excluding carboxylic acids is 1. The second-order valence-electron chi connectivity index (χ2n) is 6.28. The Balaban J connectivity index is 0.000000561. The first kappa shape index (κ1) is 22.1. The van der Waals surface area contributed by atoms with Crippen molar-refractivity contribution in [2.75, 3.05) is 0 Å². The third-order valence-electron chi connectivity index (χ3n) is 2.70. The van der Waals surface area contributed by atoms with E-state index >= 15 is 0 Å². The predicted octanol–water partition coefficient (Wildman–Crippen LogP) is 3.24. The van der Waals surface area contributed by atoms with Gasteiger partial charge in [-0.3, -0.25) is 14.4 Å². The van der Waals surface area contributed by atoms with Crippen molar-refractivity contribution in [1.82, 2.24) is 5.32 Å². The van der Waals surface area contributed by atoms with Crippen molar-refractivity contribution in [3.63, 3.8) is 0 Å². The molecular formula is C17H24ClNO5. The molecule has 1 unspecified atom stereocenters. The highest BCUT2D eigenvalue weighted by Gasteiger charge is 2.20. The Morgan fingerprint density at radius 2 is 1.62 bits per heavy atom. The summed E-state index contributed by atoms with van der Waals surface area (Å²) in [6.07, 6.45) is -0.593. The van der Waals surface area contributed by atoms with Gasteiger partial charge in [0, 0.05) is 16.1 Å². The van der Waals surface area contributed by atoms with Gasteiger partial charge < -0.3 is 15.5 Å². The Bertz CT molecular complexity index is 567. The number of Topliss-reactive ketones (excluding diaryl/α,β-unsaturated/α-hetero) is 1. The third-order valence-corrected chi connectivity index (χ3v) is 2.94. The van der Waals surface area contributed by atoms with Crippen LogP contribution < -0.4 is 5.32 Å². The van der Waals surface area contributed by atoms with Crippen LogP contribution in [0.25, 0.3) is 0 Å². The summed E-state index contributed by atoms with van der Waals surface area (Å²) in [5, 5.41) is 19.6. The maximum atomic E-state index is 12.1. The number of carboxylic acids is 2. The van der Waals surface area contributed by atoms with Crippen LogP contribution in [0.5, 0.6) is 0 Å². The van der Waals surface area contributed by atoms with Gasteiger partial charge >= 0.3 is 11.9 Å². The quantitative estimate of drug-likeness (QED) is 0.675. The molecule has 0 spiro atoms. The van der Waals surface area contributed by atoms with Crippen molar-refractivity contribution in [3.05, 3.63) is 34.9 Å². The van der Waals surface area contributed by atoms with E-state index in [0.29, 0.717) is 10.6 Å². The number of halogens is 1. The predicted molar refractivity (Wildman–Crippen MR) is 92.6 cm³/mol. The summed E-state index contributed by atoms with van der Waals surface area (Å²) in [6, 6.07) is 6.83. The molecule has 1 aromatic carbocycles. The number of benzene rings is 1. The molecule has 0 aliphatic carbocycles. The van der Waals surface area contributed by atoms with Gasteiger partial charge in [-0.15, -0.1) is 0 Å². The van der Waals surface area contributed by atoms with Crippen molar-refractivity contribution in [2.24, 2.45) is 0 Å². The van der Waals surface area contributed by atoms with Gasteiger partial charge in [0.2, 0.25) is 0 Å². The van der Waals surface area contributed by atoms with Gasteiger partial charge in [0.05, 0.1) is 18.9 Å². The monoisotopic (exact) mass is 357 g/mol. The molecule has 6 nitrogen and oxygen atoms in total. The van der Waals surface area contributed by atoms with Crippen LogP contribution in [-0.2, 0) is 9.59 Å². The van der Waals surface area contributed by atoms with Crippen LogP contribution in [0.4, 0.5) is 0 Å². The van der Waals surface area contributed by atoms with Gasteiger partial charge in [-0.25, -0.2) is 0 Å². The highest BCUT2D eigenvalue weighted by atomic mass is 35.5. The van der Waals surface area contributed by atoms with Crippen LogP contribution in [0.1, 0.15) is 50.9 Å². The Labute approximate surface area is 146 Å². The number of nitrogens with one attached hydrogen (secondary N) is 1. The van der Waals surface area contributed by atoms with E-state index in [-0.39, 0.29) is 30.2 Å². The van der Waals surface area contributed by atoms with E-state index in [9.17, 15) is 14.4 Å². The number of carboxylic acid groups (broad SMARTS) is 2. The Kier molecular flexibility index (Phi) is 9.25. The van der Waals surface area contributed by atoms with E-state index in [1.165, 1.54) is 0 Å². The van der Waals surface area contributed by atoms with Crippen LogP contribution in [0.2, 0.25) is 5.02 Å². The van der Waals surface area contributed by atoms with E-state index in [1.54, 1.807) is 24.3 Å². The van der Waals surface area contributed by atoms with Crippen LogP contribution in [-0.4, -0.2) is 39.5 Å². The summed E-state index contributed by atoms with van der Waals surface area (Å²) in [5.74, 6) is -2.09. The van der Waals surface area contributed by atoms with Crippen LogP contribution >= 0.6 is 11.6 Å². The summed E-state index contributed by atoms with van der Waals surface area (Å²) >= 11 is 5.85. The zero-order chi connectivity index (χ0) is 18.9. The number of aliphatic carboxylic acids is 2. The first-order valence-electron chi connectivity index (χ1n) is 7.43. The Hall–Kier alpha value is -1.92. The van der Waals surface area contributed by atoms with E-state index < -0.39 is 11.9 Å². The van der Waals surface area contributed by atoms with Gasteiger partial charge in [0.15, 0.2) is 5.78 Å². The fraction of sp³-hybridized carbons (Fsp3) is 0.471. The third kappa shape index (κ3) is 10.7. The van der Waals surface area contributed by atoms with Crippen molar-refractivity contribution < 1.29 is 24.6 Å². The van der Waals surface area contributed by atoms with Gasteiger partial charge in [-0.2, -0.15) is 0 Å². The SMILES string of the molecule is CC(NC(C)(C)C)C(=O)c1cccc(Cl)c1.O=C(O)CCC(=O)O. The summed E-state index contributed by atoms with van der Waals surface area (Å²) in [5.41, 5.74) is 0.574. The number of hydrogen-bond donors (Lipinski definition) is 3. The molecule has 0 fully saturated rings. The molecule has 7 heteroatoms. The lowest BCUT2D eigenvalue weighted by Gasteiger charge is -2.25.